The average Bonchev–Trinajstić information content (AvgIpc) is 3.54. The van der Waals surface area contributed by atoms with Crippen molar-refractivity contribution in [2.24, 2.45) is 0 Å². The number of amides is 1. The van der Waals surface area contributed by atoms with Crippen LogP contribution in [-0.2, 0) is 11.2 Å². The normalized spacial score (nSPS) is 16.9. The Labute approximate surface area is 233 Å². The molecule has 0 radical (unpaired) electrons. The molecule has 38 heavy (non-hydrogen) atoms. The second kappa shape index (κ2) is 11.4. The van der Waals surface area contributed by atoms with Crippen LogP contribution in [0.15, 0.2) is 83.4 Å². The fraction of sp³-hybridized carbons (Fsp3) is 0.233. The molecule has 8 heteroatoms. The van der Waals surface area contributed by atoms with Gasteiger partial charge >= 0.3 is 0 Å². The van der Waals surface area contributed by atoms with Crippen LogP contribution < -0.4 is 10.6 Å². The zero-order chi connectivity index (χ0) is 26.6. The van der Waals surface area contributed by atoms with Gasteiger partial charge in [-0.25, -0.2) is 0 Å². The predicted molar refractivity (Wildman–Crippen MR) is 155 cm³/mol. The van der Waals surface area contributed by atoms with Crippen LogP contribution in [-0.4, -0.2) is 27.4 Å². The SMILES string of the molecule is CCc1ccccc1NC(=O)CCN1C(=S)N[C@H](c2ccccn2)[C@@H]1c1ccc(-c2ccc(C)c(Cl)c2)o1. The monoisotopic (exact) mass is 544 g/mol. The van der Waals surface area contributed by atoms with Crippen LogP contribution in [0.4, 0.5) is 5.69 Å². The minimum atomic E-state index is -0.275. The third-order valence-electron chi connectivity index (χ3n) is 6.82. The van der Waals surface area contributed by atoms with Gasteiger partial charge in [0.1, 0.15) is 17.6 Å². The van der Waals surface area contributed by atoms with Crippen molar-refractivity contribution in [2.75, 3.05) is 11.9 Å². The second-order valence-electron chi connectivity index (χ2n) is 9.29. The first-order chi connectivity index (χ1) is 18.4. The molecule has 2 aromatic carbocycles. The van der Waals surface area contributed by atoms with E-state index in [1.54, 1.807) is 6.20 Å². The molecule has 2 aromatic heterocycles. The maximum Gasteiger partial charge on any atom is 0.226 e. The lowest BCUT2D eigenvalue weighted by molar-refractivity contribution is -0.116. The summed E-state index contributed by atoms with van der Waals surface area (Å²) in [7, 11) is 0. The number of benzene rings is 2. The Morgan fingerprint density at radius 2 is 1.95 bits per heavy atom. The highest BCUT2D eigenvalue weighted by molar-refractivity contribution is 7.80. The number of halogens is 1. The van der Waals surface area contributed by atoms with Gasteiger partial charge in [0.05, 0.1) is 11.7 Å². The van der Waals surface area contributed by atoms with Gasteiger partial charge in [0.2, 0.25) is 5.91 Å². The van der Waals surface area contributed by atoms with Crippen molar-refractivity contribution >= 4 is 40.5 Å². The van der Waals surface area contributed by atoms with Gasteiger partial charge < -0.3 is 20.0 Å². The molecule has 5 rings (SSSR count). The third-order valence-corrected chi connectivity index (χ3v) is 7.58. The maximum atomic E-state index is 12.9. The van der Waals surface area contributed by atoms with Crippen molar-refractivity contribution in [1.82, 2.24) is 15.2 Å². The summed E-state index contributed by atoms with van der Waals surface area (Å²) in [5, 5.41) is 7.71. The Hall–Kier alpha value is -3.68. The first-order valence-corrected chi connectivity index (χ1v) is 13.4. The molecule has 3 heterocycles. The van der Waals surface area contributed by atoms with E-state index in [-0.39, 0.29) is 24.4 Å². The summed E-state index contributed by atoms with van der Waals surface area (Å²) < 4.78 is 6.38. The summed E-state index contributed by atoms with van der Waals surface area (Å²) in [4.78, 5) is 19.5. The summed E-state index contributed by atoms with van der Waals surface area (Å²) in [6, 6.07) is 22.9. The number of hydrogen-bond acceptors (Lipinski definition) is 4. The van der Waals surface area contributed by atoms with Gasteiger partial charge in [-0.15, -0.1) is 0 Å². The molecule has 6 nitrogen and oxygen atoms in total. The first-order valence-electron chi connectivity index (χ1n) is 12.7. The van der Waals surface area contributed by atoms with Crippen molar-refractivity contribution in [1.29, 1.82) is 0 Å². The molecule has 0 unspecified atom stereocenters. The van der Waals surface area contributed by atoms with Crippen LogP contribution >= 0.6 is 23.8 Å². The molecule has 1 amide bonds. The number of nitrogens with one attached hydrogen (secondary N) is 2. The van der Waals surface area contributed by atoms with Gasteiger partial charge in [-0.05, 0) is 73.1 Å². The molecule has 0 bridgehead atoms. The second-order valence-corrected chi connectivity index (χ2v) is 10.1. The van der Waals surface area contributed by atoms with E-state index in [9.17, 15) is 4.79 Å². The first kappa shape index (κ1) is 25.9. The molecule has 4 aromatic rings. The molecular formula is C30H29ClN4O2S. The molecule has 2 atom stereocenters. The number of carbonyl (C=O) groups excluding carboxylic acids is 1. The van der Waals surface area contributed by atoms with E-state index in [1.165, 1.54) is 0 Å². The van der Waals surface area contributed by atoms with Gasteiger partial charge in [0.25, 0.3) is 0 Å². The predicted octanol–water partition coefficient (Wildman–Crippen LogP) is 6.87. The highest BCUT2D eigenvalue weighted by Crippen LogP contribution is 2.40. The quantitative estimate of drug-likeness (QED) is 0.236. The van der Waals surface area contributed by atoms with Crippen LogP contribution in [0.1, 0.15) is 48.0 Å². The van der Waals surface area contributed by atoms with Crippen molar-refractivity contribution in [3.63, 3.8) is 0 Å². The number of nitrogens with zero attached hydrogens (tertiary/aromatic N) is 2. The van der Waals surface area contributed by atoms with Crippen molar-refractivity contribution in [3.05, 3.63) is 107 Å². The zero-order valence-corrected chi connectivity index (χ0v) is 22.9. The summed E-state index contributed by atoms with van der Waals surface area (Å²) in [5.41, 5.74) is 4.70. The van der Waals surface area contributed by atoms with Gasteiger partial charge in [0, 0.05) is 35.4 Å². The number of pyridine rings is 1. The van der Waals surface area contributed by atoms with Crippen molar-refractivity contribution < 1.29 is 9.21 Å². The fourth-order valence-corrected chi connectivity index (χ4v) is 5.27. The van der Waals surface area contributed by atoms with Gasteiger partial charge in [0.15, 0.2) is 5.11 Å². The Balaban J connectivity index is 1.40. The number of thiocarbonyl (C=S) groups is 1. The van der Waals surface area contributed by atoms with E-state index in [1.807, 2.05) is 84.6 Å². The fourth-order valence-electron chi connectivity index (χ4n) is 4.75. The van der Waals surface area contributed by atoms with Gasteiger partial charge in [-0.3, -0.25) is 9.78 Å². The largest absolute Gasteiger partial charge is 0.459 e. The lowest BCUT2D eigenvalue weighted by Gasteiger charge is -2.26. The number of carbonyl (C=O) groups is 1. The molecule has 194 valence electrons. The summed E-state index contributed by atoms with van der Waals surface area (Å²) in [6.45, 7) is 4.47. The Bertz CT molecular complexity index is 1460. The topological polar surface area (TPSA) is 70.4 Å². The lowest BCUT2D eigenvalue weighted by atomic mass is 10.0. The van der Waals surface area contributed by atoms with Crippen LogP contribution in [0, 0.1) is 6.92 Å². The van der Waals surface area contributed by atoms with E-state index in [4.69, 9.17) is 28.2 Å². The van der Waals surface area contributed by atoms with Crippen molar-refractivity contribution in [2.45, 2.75) is 38.8 Å². The summed E-state index contributed by atoms with van der Waals surface area (Å²) in [6.07, 6.45) is 2.88. The van der Waals surface area contributed by atoms with Crippen LogP contribution in [0.3, 0.4) is 0 Å². The molecule has 1 aliphatic heterocycles. The number of anilines is 1. The smallest absolute Gasteiger partial charge is 0.226 e. The van der Waals surface area contributed by atoms with E-state index >= 15 is 0 Å². The number of aromatic nitrogens is 1. The van der Waals surface area contributed by atoms with Crippen LogP contribution in [0.25, 0.3) is 11.3 Å². The maximum absolute atomic E-state index is 12.9. The van der Waals surface area contributed by atoms with Crippen molar-refractivity contribution in [3.8, 4) is 11.3 Å². The molecule has 1 saturated heterocycles. The van der Waals surface area contributed by atoms with E-state index in [0.29, 0.717) is 22.4 Å². The minimum absolute atomic E-state index is 0.0665. The molecule has 0 saturated carbocycles. The van der Waals surface area contributed by atoms with E-state index in [2.05, 4.69) is 22.5 Å². The van der Waals surface area contributed by atoms with Gasteiger partial charge in [-0.1, -0.05) is 54.9 Å². The zero-order valence-electron chi connectivity index (χ0n) is 21.3. The van der Waals surface area contributed by atoms with Gasteiger partial charge in [-0.2, -0.15) is 0 Å². The molecule has 0 aliphatic carbocycles. The van der Waals surface area contributed by atoms with Crippen LogP contribution in [0.2, 0.25) is 5.02 Å². The van der Waals surface area contributed by atoms with E-state index in [0.717, 1.165) is 40.3 Å². The average molecular weight is 545 g/mol. The van der Waals surface area contributed by atoms with Crippen LogP contribution in [0.5, 0.6) is 0 Å². The number of aryl methyl sites for hydroxylation is 2. The molecule has 1 aliphatic rings. The number of hydrogen-bond donors (Lipinski definition) is 2. The number of furan rings is 1. The number of rotatable bonds is 8. The summed E-state index contributed by atoms with van der Waals surface area (Å²) in [5.74, 6) is 1.38. The Morgan fingerprint density at radius 3 is 2.71 bits per heavy atom. The highest BCUT2D eigenvalue weighted by atomic mass is 35.5. The number of para-hydroxylation sites is 1. The lowest BCUT2D eigenvalue weighted by Crippen LogP contribution is -2.32. The molecule has 2 N–H and O–H groups in total. The standard InChI is InChI=1S/C30H29ClN4O2S/c1-3-20-8-4-5-9-23(20)33-27(36)15-17-35-29(28(34-30(35)38)24-10-6-7-16-32-24)26-14-13-25(37-26)21-12-11-19(2)22(31)18-21/h4-14,16,18,28-29H,3,15,17H2,1-2H3,(H,33,36)(H,34,38)/t28-,29+/m1/s1. The molecular weight excluding hydrogens is 516 g/mol. The highest BCUT2D eigenvalue weighted by Gasteiger charge is 2.41. The Kier molecular flexibility index (Phi) is 7.77. The summed E-state index contributed by atoms with van der Waals surface area (Å²) >= 11 is 12.1. The third kappa shape index (κ3) is 5.44. The minimum Gasteiger partial charge on any atom is -0.459 e. The molecule has 1 fully saturated rings. The molecule has 0 spiro atoms. The Morgan fingerprint density at radius 1 is 1.13 bits per heavy atom. The van der Waals surface area contributed by atoms with E-state index < -0.39 is 0 Å².